The first-order chi connectivity index (χ1) is 16.7. The Morgan fingerprint density at radius 3 is 2.56 bits per heavy atom. The van der Waals surface area contributed by atoms with Crippen molar-refractivity contribution in [1.29, 1.82) is 0 Å². The number of benzene rings is 2. The normalized spacial score (nSPS) is 24.9. The summed E-state index contributed by atoms with van der Waals surface area (Å²) in [5.41, 5.74) is 12.5. The zero-order valence-electron chi connectivity index (χ0n) is 19.7. The maximum Gasteiger partial charge on any atom is 0.121 e. The first-order valence-electron chi connectivity index (χ1n) is 12.7. The molecule has 3 N–H and O–H groups in total. The van der Waals surface area contributed by atoms with Crippen LogP contribution in [0.1, 0.15) is 67.2 Å². The fourth-order valence-corrected chi connectivity index (χ4v) is 6.30. The lowest BCUT2D eigenvalue weighted by Gasteiger charge is -2.52. The van der Waals surface area contributed by atoms with E-state index in [0.29, 0.717) is 0 Å². The number of nitrogens with two attached hydrogens (primary N) is 1. The molecule has 1 saturated carbocycles. The Kier molecular flexibility index (Phi) is 5.67. The number of hydrogen-bond acceptors (Lipinski definition) is 4. The molecule has 2 aromatic heterocycles. The molecule has 6 rings (SSSR count). The number of imidazole rings is 1. The van der Waals surface area contributed by atoms with Crippen LogP contribution in [0.15, 0.2) is 72.9 Å². The third-order valence-electron chi connectivity index (χ3n) is 8.02. The molecule has 1 fully saturated rings. The molecule has 174 valence electrons. The van der Waals surface area contributed by atoms with E-state index < -0.39 is 0 Å². The minimum absolute atomic E-state index is 0.0904. The molecule has 0 aliphatic heterocycles. The topological polar surface area (TPSA) is 70.8 Å². The summed E-state index contributed by atoms with van der Waals surface area (Å²) in [7, 11) is 0. The standard InChI is InChI=1S/C29H33N5/c30-23-15-17-29(18-16-23,22-10-2-1-3-11-22)34(20-27-32-24-12-4-5-13-25(24)33-27)26-14-6-8-21-9-7-19-31-28(21)26/h1-5,7,9-13,19,23,26H,6,8,14-18,20,30H2,(H,32,33). The van der Waals surface area contributed by atoms with Gasteiger partial charge in [-0.2, -0.15) is 0 Å². The number of rotatable bonds is 5. The molecule has 2 aromatic carbocycles. The summed E-state index contributed by atoms with van der Waals surface area (Å²) in [5, 5.41) is 0. The average molecular weight is 452 g/mol. The average Bonchev–Trinajstić information content (AvgIpc) is 3.31. The predicted octanol–water partition coefficient (Wildman–Crippen LogP) is 5.63. The third kappa shape index (κ3) is 3.83. The van der Waals surface area contributed by atoms with Crippen molar-refractivity contribution in [1.82, 2.24) is 19.9 Å². The van der Waals surface area contributed by atoms with E-state index in [1.54, 1.807) is 0 Å². The van der Waals surface area contributed by atoms with E-state index in [-0.39, 0.29) is 17.6 Å². The van der Waals surface area contributed by atoms with Crippen LogP contribution in [0.2, 0.25) is 0 Å². The lowest BCUT2D eigenvalue weighted by molar-refractivity contribution is -0.0136. The molecule has 5 nitrogen and oxygen atoms in total. The van der Waals surface area contributed by atoms with Crippen molar-refractivity contribution in [3.8, 4) is 0 Å². The van der Waals surface area contributed by atoms with E-state index in [2.05, 4.69) is 76.6 Å². The maximum absolute atomic E-state index is 6.44. The Hall–Kier alpha value is -3.02. The number of H-pyrrole nitrogens is 1. The van der Waals surface area contributed by atoms with Crippen LogP contribution in [0.25, 0.3) is 11.0 Å². The van der Waals surface area contributed by atoms with Gasteiger partial charge in [-0.1, -0.05) is 48.5 Å². The monoisotopic (exact) mass is 451 g/mol. The number of para-hydroxylation sites is 2. The van der Waals surface area contributed by atoms with Crippen molar-refractivity contribution in [2.45, 2.75) is 69.1 Å². The van der Waals surface area contributed by atoms with Crippen molar-refractivity contribution in [2.75, 3.05) is 0 Å². The van der Waals surface area contributed by atoms with Gasteiger partial charge in [-0.05, 0) is 74.3 Å². The summed E-state index contributed by atoms with van der Waals surface area (Å²) in [4.78, 5) is 16.3. The molecule has 2 aliphatic rings. The summed E-state index contributed by atoms with van der Waals surface area (Å²) in [6.07, 6.45) is 9.55. The van der Waals surface area contributed by atoms with Crippen LogP contribution < -0.4 is 5.73 Å². The Morgan fingerprint density at radius 2 is 1.74 bits per heavy atom. The zero-order valence-corrected chi connectivity index (χ0v) is 19.7. The minimum atomic E-state index is -0.0904. The number of aryl methyl sites for hydroxylation is 1. The van der Waals surface area contributed by atoms with Crippen LogP contribution in [0, 0.1) is 0 Å². The van der Waals surface area contributed by atoms with Gasteiger partial charge in [-0.25, -0.2) is 4.98 Å². The Balaban J connectivity index is 1.49. The minimum Gasteiger partial charge on any atom is -0.341 e. The first kappa shape index (κ1) is 21.5. The van der Waals surface area contributed by atoms with Gasteiger partial charge in [0.2, 0.25) is 0 Å². The van der Waals surface area contributed by atoms with Crippen LogP contribution in [-0.4, -0.2) is 25.9 Å². The molecule has 34 heavy (non-hydrogen) atoms. The van der Waals surface area contributed by atoms with Gasteiger partial charge in [-0.15, -0.1) is 0 Å². The highest BCUT2D eigenvalue weighted by molar-refractivity contribution is 5.74. The molecule has 0 radical (unpaired) electrons. The van der Waals surface area contributed by atoms with Gasteiger partial charge >= 0.3 is 0 Å². The molecule has 1 unspecified atom stereocenters. The molecule has 2 aliphatic carbocycles. The van der Waals surface area contributed by atoms with Crippen LogP contribution in [0.5, 0.6) is 0 Å². The molecule has 5 heteroatoms. The molecule has 2 heterocycles. The Bertz CT molecular complexity index is 1220. The highest BCUT2D eigenvalue weighted by atomic mass is 15.3. The van der Waals surface area contributed by atoms with Crippen LogP contribution in [0.3, 0.4) is 0 Å². The number of aromatic amines is 1. The number of fused-ring (bicyclic) bond motifs is 2. The quantitative estimate of drug-likeness (QED) is 0.412. The van der Waals surface area contributed by atoms with Crippen molar-refractivity contribution in [3.63, 3.8) is 0 Å². The van der Waals surface area contributed by atoms with E-state index in [4.69, 9.17) is 15.7 Å². The summed E-state index contributed by atoms with van der Waals surface area (Å²) in [6, 6.07) is 24.3. The number of aromatic nitrogens is 3. The largest absolute Gasteiger partial charge is 0.341 e. The Labute approximate surface area is 201 Å². The number of pyridine rings is 1. The van der Waals surface area contributed by atoms with Gasteiger partial charge in [0.1, 0.15) is 5.82 Å². The fourth-order valence-electron chi connectivity index (χ4n) is 6.30. The highest BCUT2D eigenvalue weighted by Gasteiger charge is 2.45. The van der Waals surface area contributed by atoms with Gasteiger partial charge in [-0.3, -0.25) is 9.88 Å². The summed E-state index contributed by atoms with van der Waals surface area (Å²) in [6.45, 7) is 0.763. The van der Waals surface area contributed by atoms with Crippen molar-refractivity contribution in [2.24, 2.45) is 5.73 Å². The second-order valence-corrected chi connectivity index (χ2v) is 10.0. The molecule has 0 saturated heterocycles. The van der Waals surface area contributed by atoms with E-state index in [0.717, 1.165) is 61.9 Å². The number of nitrogens with one attached hydrogen (secondary N) is 1. The van der Waals surface area contributed by atoms with Crippen molar-refractivity contribution < 1.29 is 0 Å². The molecule has 1 atom stereocenters. The SMILES string of the molecule is NC1CCC(c2ccccc2)(N(Cc2nc3ccccc3[nH]2)C2CCCc3cccnc32)CC1. The highest BCUT2D eigenvalue weighted by Crippen LogP contribution is 2.48. The van der Waals surface area contributed by atoms with Gasteiger partial charge in [0, 0.05) is 17.8 Å². The van der Waals surface area contributed by atoms with Gasteiger partial charge in [0.15, 0.2) is 0 Å². The lowest BCUT2D eigenvalue weighted by Crippen LogP contribution is -2.52. The first-order valence-corrected chi connectivity index (χ1v) is 12.7. The van der Waals surface area contributed by atoms with E-state index in [9.17, 15) is 0 Å². The lowest BCUT2D eigenvalue weighted by atomic mass is 9.72. The number of nitrogens with zero attached hydrogens (tertiary/aromatic N) is 3. The zero-order chi connectivity index (χ0) is 23.0. The van der Waals surface area contributed by atoms with Crippen molar-refractivity contribution >= 4 is 11.0 Å². The molecule has 0 spiro atoms. The van der Waals surface area contributed by atoms with Crippen LogP contribution >= 0.6 is 0 Å². The maximum atomic E-state index is 6.44. The molecule has 0 amide bonds. The molecule has 4 aromatic rings. The van der Waals surface area contributed by atoms with Crippen LogP contribution in [-0.2, 0) is 18.5 Å². The smallest absolute Gasteiger partial charge is 0.121 e. The van der Waals surface area contributed by atoms with E-state index in [1.165, 1.54) is 23.2 Å². The predicted molar refractivity (Wildman–Crippen MR) is 136 cm³/mol. The van der Waals surface area contributed by atoms with Crippen molar-refractivity contribution in [3.05, 3.63) is 95.6 Å². The van der Waals surface area contributed by atoms with Gasteiger partial charge in [0.25, 0.3) is 0 Å². The summed E-state index contributed by atoms with van der Waals surface area (Å²) < 4.78 is 0. The fraction of sp³-hybridized carbons (Fsp3) is 0.379. The summed E-state index contributed by atoms with van der Waals surface area (Å²) >= 11 is 0. The van der Waals surface area contributed by atoms with Gasteiger partial charge in [0.05, 0.1) is 29.3 Å². The molecular formula is C29H33N5. The third-order valence-corrected chi connectivity index (χ3v) is 8.02. The van der Waals surface area contributed by atoms with E-state index >= 15 is 0 Å². The molecule has 0 bridgehead atoms. The second kappa shape index (κ2) is 8.97. The second-order valence-electron chi connectivity index (χ2n) is 10.0. The summed E-state index contributed by atoms with van der Waals surface area (Å²) in [5.74, 6) is 1.02. The Morgan fingerprint density at radius 1 is 0.941 bits per heavy atom. The molecular weight excluding hydrogens is 418 g/mol. The van der Waals surface area contributed by atoms with Gasteiger partial charge < -0.3 is 10.7 Å². The number of hydrogen-bond donors (Lipinski definition) is 2. The van der Waals surface area contributed by atoms with E-state index in [1.807, 2.05) is 6.20 Å². The van der Waals surface area contributed by atoms with Crippen LogP contribution in [0.4, 0.5) is 0 Å².